The lowest BCUT2D eigenvalue weighted by Gasteiger charge is -2.31. The van der Waals surface area contributed by atoms with Crippen LogP contribution in [0.15, 0.2) is 84.9 Å². The molecule has 4 atom stereocenters. The van der Waals surface area contributed by atoms with E-state index >= 15 is 0 Å². The molecule has 4 aromatic carbocycles. The maximum absolute atomic E-state index is 12.9. The van der Waals surface area contributed by atoms with Crippen molar-refractivity contribution in [3.05, 3.63) is 96.1 Å². The molecule has 8 N–H and O–H groups in total. The number of carboxylic acid groups (broad SMARTS) is 2. The van der Waals surface area contributed by atoms with Crippen LogP contribution in [0.4, 0.5) is 0 Å². The fourth-order valence-corrected chi connectivity index (χ4v) is 10.1. The Morgan fingerprint density at radius 1 is 0.618 bits per heavy atom. The Bertz CT molecular complexity index is 2150. The smallest absolute Gasteiger partial charge is 0.326 e. The summed E-state index contributed by atoms with van der Waals surface area (Å²) >= 11 is 3.09. The standard InChI is InChI=1S/2C25H34N4O4S/c2*1-34-13-11-22(25(32)33)27-23(30)17-28(16-20-9-5-12-29(20)24(31)14-26)15-19-8-4-7-18-6-2-3-10-21(18)19/h2*2-4,6-8,10,20,22H,5,9,11-17,26H2,1H3,(H,27,30)(H,32,33)/t2*20-,22-/m00/s1. The number of carboxylic acids is 2. The second-order valence-corrected chi connectivity index (χ2v) is 19.2. The first-order valence-electron chi connectivity index (χ1n) is 23.2. The van der Waals surface area contributed by atoms with Gasteiger partial charge in [0.1, 0.15) is 12.1 Å². The van der Waals surface area contributed by atoms with E-state index in [1.54, 1.807) is 23.5 Å². The summed E-state index contributed by atoms with van der Waals surface area (Å²) in [6, 6.07) is 26.5. The number of nitrogens with zero attached hydrogens (tertiary/aromatic N) is 4. The average molecular weight is 973 g/mol. The molecule has 6 rings (SSSR count). The molecule has 0 aromatic heterocycles. The lowest BCUT2D eigenvalue weighted by Crippen LogP contribution is -2.49. The molecule has 0 spiro atoms. The van der Waals surface area contributed by atoms with Gasteiger partial charge in [-0.2, -0.15) is 23.5 Å². The highest BCUT2D eigenvalue weighted by atomic mass is 32.2. The van der Waals surface area contributed by atoms with Crippen molar-refractivity contribution in [2.24, 2.45) is 11.5 Å². The number of amides is 4. The first kappa shape index (κ1) is 53.7. The van der Waals surface area contributed by atoms with Crippen LogP contribution >= 0.6 is 23.5 Å². The van der Waals surface area contributed by atoms with Gasteiger partial charge >= 0.3 is 11.9 Å². The zero-order valence-corrected chi connectivity index (χ0v) is 40.9. The molecule has 2 saturated heterocycles. The van der Waals surface area contributed by atoms with Crippen LogP contribution in [0.3, 0.4) is 0 Å². The van der Waals surface area contributed by atoms with Gasteiger partial charge in [-0.05, 0) is 95.2 Å². The maximum atomic E-state index is 12.9. The highest BCUT2D eigenvalue weighted by Crippen LogP contribution is 2.25. The largest absolute Gasteiger partial charge is 0.480 e. The third kappa shape index (κ3) is 15.9. The summed E-state index contributed by atoms with van der Waals surface area (Å²) < 4.78 is 0. The predicted octanol–water partition coefficient (Wildman–Crippen LogP) is 3.83. The van der Waals surface area contributed by atoms with Crippen LogP contribution < -0.4 is 22.1 Å². The first-order chi connectivity index (χ1) is 32.8. The number of nitrogens with two attached hydrogens (primary N) is 2. The Morgan fingerprint density at radius 3 is 1.37 bits per heavy atom. The SMILES string of the molecule is CSCC[C@H](NC(=O)CN(Cc1cccc2ccccc12)C[C@@H]1CCCN1C(=O)CN)C(=O)O.CSCC[C@H](NC(=O)CN(Cc1cccc2ccccc12)C[C@@H]1CCCN1C(=O)CN)C(=O)O. The van der Waals surface area contributed by atoms with E-state index in [9.17, 15) is 39.0 Å². The molecule has 2 aliphatic heterocycles. The van der Waals surface area contributed by atoms with Gasteiger partial charge in [0.25, 0.3) is 0 Å². The van der Waals surface area contributed by atoms with Gasteiger partial charge in [-0.3, -0.25) is 29.0 Å². The van der Waals surface area contributed by atoms with Gasteiger partial charge in [0.2, 0.25) is 23.6 Å². The Balaban J connectivity index is 0.000000254. The fourth-order valence-electron chi connectivity index (χ4n) is 9.12. The molecule has 368 valence electrons. The predicted molar refractivity (Wildman–Crippen MR) is 271 cm³/mol. The topological polar surface area (TPSA) is 232 Å². The van der Waals surface area contributed by atoms with Gasteiger partial charge in [-0.15, -0.1) is 0 Å². The average Bonchev–Trinajstić information content (AvgIpc) is 4.01. The molecule has 2 heterocycles. The summed E-state index contributed by atoms with van der Waals surface area (Å²) in [7, 11) is 0. The number of nitrogens with one attached hydrogen (secondary N) is 2. The van der Waals surface area contributed by atoms with Gasteiger partial charge in [0.15, 0.2) is 0 Å². The molecule has 2 aliphatic rings. The molecule has 16 nitrogen and oxygen atoms in total. The second-order valence-electron chi connectivity index (χ2n) is 17.3. The lowest BCUT2D eigenvalue weighted by atomic mass is 10.0. The number of carbonyl (C=O) groups is 6. The Kier molecular flexibility index (Phi) is 21.9. The number of hydrogen-bond donors (Lipinski definition) is 6. The number of carbonyl (C=O) groups excluding carboxylic acids is 4. The van der Waals surface area contributed by atoms with Crippen LogP contribution in [0, 0.1) is 0 Å². The summed E-state index contributed by atoms with van der Waals surface area (Å²) in [6.07, 6.45) is 8.06. The highest BCUT2D eigenvalue weighted by molar-refractivity contribution is 7.98. The molecule has 0 radical (unpaired) electrons. The molecule has 0 saturated carbocycles. The molecule has 0 aliphatic carbocycles. The van der Waals surface area contributed by atoms with Crippen molar-refractivity contribution < 1.29 is 39.0 Å². The Morgan fingerprint density at radius 2 is 1.00 bits per heavy atom. The summed E-state index contributed by atoms with van der Waals surface area (Å²) in [5.41, 5.74) is 13.4. The zero-order chi connectivity index (χ0) is 49.0. The third-order valence-electron chi connectivity index (χ3n) is 12.5. The number of hydrogen-bond acceptors (Lipinski definition) is 12. The normalized spacial score (nSPS) is 16.7. The van der Waals surface area contributed by atoms with E-state index in [0.717, 1.165) is 58.4 Å². The van der Waals surface area contributed by atoms with E-state index < -0.39 is 24.0 Å². The Hall–Kier alpha value is -5.24. The number of rotatable bonds is 24. The van der Waals surface area contributed by atoms with Crippen molar-refractivity contribution in [3.63, 3.8) is 0 Å². The van der Waals surface area contributed by atoms with E-state index in [0.29, 0.717) is 63.6 Å². The highest BCUT2D eigenvalue weighted by Gasteiger charge is 2.32. The van der Waals surface area contributed by atoms with Crippen LogP contribution in [-0.4, -0.2) is 166 Å². The molecular weight excluding hydrogens is 905 g/mol. The molecule has 4 aromatic rings. The minimum Gasteiger partial charge on any atom is -0.480 e. The van der Waals surface area contributed by atoms with Crippen molar-refractivity contribution >= 4 is 80.6 Å². The molecule has 0 unspecified atom stereocenters. The molecule has 4 amide bonds. The van der Waals surface area contributed by atoms with Crippen molar-refractivity contribution in [2.45, 2.75) is 75.8 Å². The van der Waals surface area contributed by atoms with Gasteiger partial charge in [-0.25, -0.2) is 9.59 Å². The summed E-state index contributed by atoms with van der Waals surface area (Å²) in [6.45, 7) is 3.44. The van der Waals surface area contributed by atoms with Gasteiger partial charge in [0, 0.05) is 51.4 Å². The van der Waals surface area contributed by atoms with Crippen LogP contribution in [-0.2, 0) is 41.9 Å². The fraction of sp³-hybridized carbons (Fsp3) is 0.480. The summed E-state index contributed by atoms with van der Waals surface area (Å²) in [5.74, 6) is -1.59. The number of aliphatic carboxylic acids is 2. The first-order valence-corrected chi connectivity index (χ1v) is 26.0. The molecule has 0 bridgehead atoms. The lowest BCUT2D eigenvalue weighted by molar-refractivity contribution is -0.142. The molecule has 68 heavy (non-hydrogen) atoms. The minimum atomic E-state index is -1.03. The molecular formula is C50H68N8O8S2. The van der Waals surface area contributed by atoms with Gasteiger partial charge < -0.3 is 42.1 Å². The monoisotopic (exact) mass is 972 g/mol. The van der Waals surface area contributed by atoms with Crippen molar-refractivity contribution in [1.82, 2.24) is 30.2 Å². The van der Waals surface area contributed by atoms with E-state index in [1.165, 1.54) is 0 Å². The van der Waals surface area contributed by atoms with E-state index in [2.05, 4.69) is 47.0 Å². The Labute approximate surface area is 407 Å². The molecule has 2 fully saturated rings. The summed E-state index contributed by atoms with van der Waals surface area (Å²) in [5, 5.41) is 28.8. The van der Waals surface area contributed by atoms with Crippen LogP contribution in [0.5, 0.6) is 0 Å². The number of fused-ring (bicyclic) bond motifs is 2. The summed E-state index contributed by atoms with van der Waals surface area (Å²) in [4.78, 5) is 81.3. The van der Waals surface area contributed by atoms with E-state index in [1.807, 2.05) is 80.6 Å². The van der Waals surface area contributed by atoms with Crippen LogP contribution in [0.25, 0.3) is 21.5 Å². The number of benzene rings is 4. The van der Waals surface area contributed by atoms with Gasteiger partial charge in [0.05, 0.1) is 26.2 Å². The van der Waals surface area contributed by atoms with Crippen LogP contribution in [0.2, 0.25) is 0 Å². The zero-order valence-electron chi connectivity index (χ0n) is 39.2. The van der Waals surface area contributed by atoms with Crippen molar-refractivity contribution in [3.8, 4) is 0 Å². The van der Waals surface area contributed by atoms with Crippen molar-refractivity contribution in [1.29, 1.82) is 0 Å². The maximum Gasteiger partial charge on any atom is 0.326 e. The molecule has 18 heteroatoms. The second kappa shape index (κ2) is 27.7. The van der Waals surface area contributed by atoms with Crippen molar-refractivity contribution in [2.75, 3.05) is 76.4 Å². The minimum absolute atomic E-state index is 0.0226. The van der Waals surface area contributed by atoms with Crippen LogP contribution in [0.1, 0.15) is 49.7 Å². The van der Waals surface area contributed by atoms with E-state index in [4.69, 9.17) is 11.5 Å². The van der Waals surface area contributed by atoms with E-state index in [-0.39, 0.29) is 61.9 Å². The van der Waals surface area contributed by atoms with Gasteiger partial charge in [-0.1, -0.05) is 84.9 Å². The third-order valence-corrected chi connectivity index (χ3v) is 13.7. The number of thioether (sulfide) groups is 2. The quantitative estimate of drug-likeness (QED) is 0.0587. The number of likely N-dealkylation sites (tertiary alicyclic amines) is 2.